The minimum absolute atomic E-state index is 0. The lowest BCUT2D eigenvalue weighted by molar-refractivity contribution is -0.150. The summed E-state index contributed by atoms with van der Waals surface area (Å²) in [6.45, 7) is 2.74. The van der Waals surface area contributed by atoms with Gasteiger partial charge in [0.15, 0.2) is 5.54 Å². The number of piperazine rings is 1. The van der Waals surface area contributed by atoms with E-state index in [2.05, 4.69) is 5.32 Å². The Bertz CT molecular complexity index is 497. The van der Waals surface area contributed by atoms with Crippen molar-refractivity contribution in [2.75, 3.05) is 19.6 Å². The summed E-state index contributed by atoms with van der Waals surface area (Å²) < 4.78 is 5.21. The molecule has 6 nitrogen and oxygen atoms in total. The van der Waals surface area contributed by atoms with Crippen molar-refractivity contribution in [1.82, 2.24) is 10.2 Å². The zero-order valence-corrected chi connectivity index (χ0v) is 12.6. The molecule has 1 aromatic rings. The van der Waals surface area contributed by atoms with Gasteiger partial charge >= 0.3 is 12.1 Å². The Balaban J connectivity index is 0.00000220. The van der Waals surface area contributed by atoms with E-state index in [0.29, 0.717) is 13.1 Å². The number of nitrogens with zero attached hydrogens (tertiary/aromatic N) is 1. The summed E-state index contributed by atoms with van der Waals surface area (Å²) in [7, 11) is 0. The zero-order valence-electron chi connectivity index (χ0n) is 11.7. The zero-order chi connectivity index (χ0) is 14.6. The molecule has 0 bridgehead atoms. The molecule has 7 heteroatoms. The fourth-order valence-electron chi connectivity index (χ4n) is 2.15. The largest absolute Gasteiger partial charge is 0.479 e. The van der Waals surface area contributed by atoms with Gasteiger partial charge in [-0.3, -0.25) is 4.90 Å². The molecule has 2 N–H and O–H groups in total. The second kappa shape index (κ2) is 7.28. The van der Waals surface area contributed by atoms with E-state index >= 15 is 0 Å². The molecule has 0 radical (unpaired) electrons. The highest BCUT2D eigenvalue weighted by Crippen LogP contribution is 2.19. The molecule has 1 amide bonds. The molecule has 1 aromatic carbocycles. The van der Waals surface area contributed by atoms with Crippen LogP contribution >= 0.6 is 12.4 Å². The number of benzene rings is 1. The topological polar surface area (TPSA) is 78.9 Å². The highest BCUT2D eigenvalue weighted by molar-refractivity contribution is 5.85. The van der Waals surface area contributed by atoms with E-state index in [4.69, 9.17) is 4.74 Å². The average molecular weight is 315 g/mol. The van der Waals surface area contributed by atoms with Crippen LogP contribution in [-0.4, -0.2) is 47.2 Å². The van der Waals surface area contributed by atoms with Crippen molar-refractivity contribution in [3.63, 3.8) is 0 Å². The van der Waals surface area contributed by atoms with Crippen LogP contribution in [0.2, 0.25) is 0 Å². The first-order chi connectivity index (χ1) is 9.54. The van der Waals surface area contributed by atoms with Crippen LogP contribution in [0.4, 0.5) is 4.79 Å². The van der Waals surface area contributed by atoms with E-state index in [1.807, 2.05) is 30.3 Å². The predicted octanol–water partition coefficient (Wildman–Crippen LogP) is 1.49. The number of carboxylic acid groups (broad SMARTS) is 1. The van der Waals surface area contributed by atoms with E-state index in [9.17, 15) is 14.7 Å². The number of nitrogens with one attached hydrogen (secondary N) is 1. The third kappa shape index (κ3) is 3.86. The standard InChI is InChI=1S/C14H18N2O4.ClH/c1-14(12(17)18)10-15-7-8-16(14)13(19)20-9-11-5-3-2-4-6-11;/h2-6,15H,7-10H2,1H3,(H,17,18);1H. The summed E-state index contributed by atoms with van der Waals surface area (Å²) in [6, 6.07) is 9.29. The second-order valence-corrected chi connectivity index (χ2v) is 4.95. The molecule has 2 rings (SSSR count). The van der Waals surface area contributed by atoms with Crippen LogP contribution in [0.15, 0.2) is 30.3 Å². The summed E-state index contributed by atoms with van der Waals surface area (Å²) in [5, 5.41) is 12.3. The van der Waals surface area contributed by atoms with Crippen molar-refractivity contribution in [2.24, 2.45) is 0 Å². The van der Waals surface area contributed by atoms with Gasteiger partial charge in [-0.2, -0.15) is 0 Å². The first kappa shape index (κ1) is 17.3. The van der Waals surface area contributed by atoms with Crippen LogP contribution in [-0.2, 0) is 16.1 Å². The van der Waals surface area contributed by atoms with Gasteiger partial charge in [0.25, 0.3) is 0 Å². The number of rotatable bonds is 3. The fourth-order valence-corrected chi connectivity index (χ4v) is 2.15. The van der Waals surface area contributed by atoms with Crippen molar-refractivity contribution in [1.29, 1.82) is 0 Å². The summed E-state index contributed by atoms with van der Waals surface area (Å²) in [4.78, 5) is 24.8. The molecule has 0 spiro atoms. The summed E-state index contributed by atoms with van der Waals surface area (Å²) in [5.41, 5.74) is -0.403. The summed E-state index contributed by atoms with van der Waals surface area (Å²) in [5.74, 6) is -1.04. The van der Waals surface area contributed by atoms with Crippen molar-refractivity contribution in [3.8, 4) is 0 Å². The van der Waals surface area contributed by atoms with Crippen LogP contribution < -0.4 is 5.32 Å². The number of aliphatic carboxylic acids is 1. The second-order valence-electron chi connectivity index (χ2n) is 4.95. The molecular formula is C14H19ClN2O4. The van der Waals surface area contributed by atoms with Gasteiger partial charge in [0.05, 0.1) is 0 Å². The minimum Gasteiger partial charge on any atom is -0.479 e. The smallest absolute Gasteiger partial charge is 0.411 e. The Hall–Kier alpha value is -1.79. The first-order valence-electron chi connectivity index (χ1n) is 6.46. The van der Waals surface area contributed by atoms with Gasteiger partial charge in [-0.1, -0.05) is 30.3 Å². The van der Waals surface area contributed by atoms with E-state index in [1.165, 1.54) is 11.8 Å². The Morgan fingerprint density at radius 1 is 1.38 bits per heavy atom. The molecule has 1 unspecified atom stereocenters. The molecule has 0 saturated carbocycles. The lowest BCUT2D eigenvalue weighted by Gasteiger charge is -2.40. The van der Waals surface area contributed by atoms with Gasteiger partial charge in [0, 0.05) is 19.6 Å². The fraction of sp³-hybridized carbons (Fsp3) is 0.429. The van der Waals surface area contributed by atoms with Crippen LogP contribution in [0, 0.1) is 0 Å². The highest BCUT2D eigenvalue weighted by atomic mass is 35.5. The van der Waals surface area contributed by atoms with E-state index < -0.39 is 17.6 Å². The Morgan fingerprint density at radius 2 is 2.05 bits per heavy atom. The third-order valence-corrected chi connectivity index (χ3v) is 3.46. The molecule has 1 saturated heterocycles. The molecule has 1 atom stereocenters. The maximum absolute atomic E-state index is 12.1. The number of carbonyl (C=O) groups excluding carboxylic acids is 1. The van der Waals surface area contributed by atoms with Crippen LogP contribution in [0.5, 0.6) is 0 Å². The molecule has 1 heterocycles. The van der Waals surface area contributed by atoms with Gasteiger partial charge in [0.2, 0.25) is 0 Å². The Labute approximate surface area is 129 Å². The lowest BCUT2D eigenvalue weighted by Crippen LogP contribution is -2.65. The van der Waals surface area contributed by atoms with Crippen molar-refractivity contribution in [2.45, 2.75) is 19.1 Å². The third-order valence-electron chi connectivity index (χ3n) is 3.46. The first-order valence-corrected chi connectivity index (χ1v) is 6.46. The lowest BCUT2D eigenvalue weighted by atomic mass is 9.98. The predicted molar refractivity (Wildman–Crippen MR) is 79.5 cm³/mol. The Morgan fingerprint density at radius 3 is 2.67 bits per heavy atom. The molecule has 21 heavy (non-hydrogen) atoms. The number of hydrogen-bond acceptors (Lipinski definition) is 4. The monoisotopic (exact) mass is 314 g/mol. The molecule has 0 aliphatic carbocycles. The molecular weight excluding hydrogens is 296 g/mol. The van der Waals surface area contributed by atoms with Gasteiger partial charge in [-0.15, -0.1) is 12.4 Å². The van der Waals surface area contributed by atoms with Gasteiger partial charge in [0.1, 0.15) is 6.61 Å². The highest BCUT2D eigenvalue weighted by Gasteiger charge is 2.44. The van der Waals surface area contributed by atoms with Crippen molar-refractivity contribution in [3.05, 3.63) is 35.9 Å². The van der Waals surface area contributed by atoms with E-state index in [0.717, 1.165) is 5.56 Å². The molecule has 1 aliphatic heterocycles. The molecule has 116 valence electrons. The maximum Gasteiger partial charge on any atom is 0.411 e. The number of amides is 1. The van der Waals surface area contributed by atoms with Gasteiger partial charge in [-0.25, -0.2) is 9.59 Å². The Kier molecular flexibility index (Phi) is 5.99. The molecule has 1 fully saturated rings. The quantitative estimate of drug-likeness (QED) is 0.884. The summed E-state index contributed by atoms with van der Waals surface area (Å²) >= 11 is 0. The number of hydrogen-bond donors (Lipinski definition) is 2. The van der Waals surface area contributed by atoms with Crippen LogP contribution in [0.3, 0.4) is 0 Å². The van der Waals surface area contributed by atoms with E-state index in [1.54, 1.807) is 0 Å². The number of carbonyl (C=O) groups is 2. The molecule has 1 aliphatic rings. The number of carboxylic acids is 1. The normalized spacial score (nSPS) is 21.3. The minimum atomic E-state index is -1.27. The van der Waals surface area contributed by atoms with Crippen LogP contribution in [0.25, 0.3) is 0 Å². The average Bonchev–Trinajstić information content (AvgIpc) is 2.46. The van der Waals surface area contributed by atoms with Crippen molar-refractivity contribution >= 4 is 24.5 Å². The molecule has 0 aromatic heterocycles. The SMILES string of the molecule is CC1(C(=O)O)CNCCN1C(=O)OCc1ccccc1.Cl. The van der Waals surface area contributed by atoms with Gasteiger partial charge < -0.3 is 15.2 Å². The number of ether oxygens (including phenoxy) is 1. The number of halogens is 1. The van der Waals surface area contributed by atoms with E-state index in [-0.39, 0.29) is 25.6 Å². The summed E-state index contributed by atoms with van der Waals surface area (Å²) in [6.07, 6.45) is -0.597. The van der Waals surface area contributed by atoms with Crippen LogP contribution in [0.1, 0.15) is 12.5 Å². The maximum atomic E-state index is 12.1. The van der Waals surface area contributed by atoms with Gasteiger partial charge in [-0.05, 0) is 12.5 Å². The van der Waals surface area contributed by atoms with Crippen molar-refractivity contribution < 1.29 is 19.4 Å².